The summed E-state index contributed by atoms with van der Waals surface area (Å²) in [6, 6.07) is 9.51. The SMILES string of the molecule is CCc1cc(C(=O)NCc2ccc(F)cc2)nc2ccnn12. The van der Waals surface area contributed by atoms with Gasteiger partial charge < -0.3 is 5.32 Å². The fourth-order valence-corrected chi connectivity index (χ4v) is 2.22. The van der Waals surface area contributed by atoms with Crippen LogP contribution >= 0.6 is 0 Å². The van der Waals surface area contributed by atoms with E-state index < -0.39 is 0 Å². The average molecular weight is 298 g/mol. The van der Waals surface area contributed by atoms with Crippen LogP contribution in [0.1, 0.15) is 28.7 Å². The van der Waals surface area contributed by atoms with E-state index in [4.69, 9.17) is 0 Å². The van der Waals surface area contributed by atoms with Crippen molar-refractivity contribution in [1.29, 1.82) is 0 Å². The summed E-state index contributed by atoms with van der Waals surface area (Å²) < 4.78 is 14.6. The van der Waals surface area contributed by atoms with Crippen LogP contribution in [0, 0.1) is 5.82 Å². The van der Waals surface area contributed by atoms with Crippen molar-refractivity contribution < 1.29 is 9.18 Å². The van der Waals surface area contributed by atoms with Gasteiger partial charge in [0.05, 0.1) is 6.20 Å². The zero-order chi connectivity index (χ0) is 15.5. The molecule has 0 unspecified atom stereocenters. The van der Waals surface area contributed by atoms with Crippen LogP contribution in [0.2, 0.25) is 0 Å². The summed E-state index contributed by atoms with van der Waals surface area (Å²) >= 11 is 0. The third kappa shape index (κ3) is 2.81. The van der Waals surface area contributed by atoms with Gasteiger partial charge in [-0.3, -0.25) is 4.79 Å². The number of halogens is 1. The molecule has 2 heterocycles. The normalized spacial score (nSPS) is 10.8. The number of carbonyl (C=O) groups excluding carboxylic acids is 1. The van der Waals surface area contributed by atoms with Crippen molar-refractivity contribution in [3.05, 3.63) is 65.4 Å². The minimum absolute atomic E-state index is 0.261. The fraction of sp³-hybridized carbons (Fsp3) is 0.188. The molecule has 112 valence electrons. The summed E-state index contributed by atoms with van der Waals surface area (Å²) in [5, 5.41) is 6.97. The van der Waals surface area contributed by atoms with E-state index in [1.165, 1.54) is 12.1 Å². The first-order chi connectivity index (χ1) is 10.7. The van der Waals surface area contributed by atoms with Crippen molar-refractivity contribution in [2.75, 3.05) is 0 Å². The van der Waals surface area contributed by atoms with Gasteiger partial charge in [0.1, 0.15) is 11.5 Å². The highest BCUT2D eigenvalue weighted by Crippen LogP contribution is 2.09. The Kier molecular flexibility index (Phi) is 3.82. The minimum Gasteiger partial charge on any atom is -0.347 e. The second-order valence-corrected chi connectivity index (χ2v) is 4.90. The van der Waals surface area contributed by atoms with Gasteiger partial charge in [-0.15, -0.1) is 0 Å². The Morgan fingerprint density at radius 1 is 1.27 bits per heavy atom. The number of fused-ring (bicyclic) bond motifs is 1. The maximum absolute atomic E-state index is 12.8. The highest BCUT2D eigenvalue weighted by Gasteiger charge is 2.11. The molecule has 5 nitrogen and oxygen atoms in total. The van der Waals surface area contributed by atoms with Crippen molar-refractivity contribution in [1.82, 2.24) is 19.9 Å². The first kappa shape index (κ1) is 14.2. The molecule has 3 aromatic rings. The standard InChI is InChI=1S/C16H15FN4O/c1-2-13-9-14(20-15-7-8-19-21(13)15)16(22)18-10-11-3-5-12(17)6-4-11/h3-9H,2,10H2,1H3,(H,18,22). The molecule has 1 aromatic carbocycles. The molecule has 0 saturated heterocycles. The lowest BCUT2D eigenvalue weighted by Gasteiger charge is -2.08. The molecule has 1 amide bonds. The van der Waals surface area contributed by atoms with Crippen molar-refractivity contribution in [3.8, 4) is 0 Å². The predicted octanol–water partition coefficient (Wildman–Crippen LogP) is 2.36. The second-order valence-electron chi connectivity index (χ2n) is 4.90. The number of rotatable bonds is 4. The summed E-state index contributed by atoms with van der Waals surface area (Å²) in [7, 11) is 0. The molecule has 0 radical (unpaired) electrons. The molecule has 6 heteroatoms. The Morgan fingerprint density at radius 2 is 2.05 bits per heavy atom. The number of amides is 1. The van der Waals surface area contributed by atoms with Crippen molar-refractivity contribution in [2.45, 2.75) is 19.9 Å². The van der Waals surface area contributed by atoms with E-state index in [1.54, 1.807) is 35.0 Å². The highest BCUT2D eigenvalue weighted by atomic mass is 19.1. The van der Waals surface area contributed by atoms with Crippen LogP contribution in [-0.2, 0) is 13.0 Å². The lowest BCUT2D eigenvalue weighted by Crippen LogP contribution is -2.24. The van der Waals surface area contributed by atoms with Crippen LogP contribution in [-0.4, -0.2) is 20.5 Å². The number of carbonyl (C=O) groups is 1. The number of aryl methyl sites for hydroxylation is 1. The Balaban J connectivity index is 1.78. The van der Waals surface area contributed by atoms with Gasteiger partial charge in [0.15, 0.2) is 5.65 Å². The Morgan fingerprint density at radius 3 is 2.77 bits per heavy atom. The summed E-state index contributed by atoms with van der Waals surface area (Å²) in [6.07, 6.45) is 2.40. The van der Waals surface area contributed by atoms with E-state index in [2.05, 4.69) is 15.4 Å². The van der Waals surface area contributed by atoms with Crippen LogP contribution in [0.15, 0.2) is 42.6 Å². The molecular weight excluding hydrogens is 283 g/mol. The Hall–Kier alpha value is -2.76. The molecular formula is C16H15FN4O. The van der Waals surface area contributed by atoms with E-state index in [0.29, 0.717) is 17.9 Å². The smallest absolute Gasteiger partial charge is 0.270 e. The average Bonchev–Trinajstić information content (AvgIpc) is 3.01. The summed E-state index contributed by atoms with van der Waals surface area (Å²) in [4.78, 5) is 16.5. The maximum atomic E-state index is 12.8. The molecule has 0 aliphatic carbocycles. The maximum Gasteiger partial charge on any atom is 0.270 e. The van der Waals surface area contributed by atoms with Gasteiger partial charge >= 0.3 is 0 Å². The Labute approximate surface area is 126 Å². The van der Waals surface area contributed by atoms with Crippen LogP contribution in [0.3, 0.4) is 0 Å². The monoisotopic (exact) mass is 298 g/mol. The van der Waals surface area contributed by atoms with Crippen LogP contribution in [0.5, 0.6) is 0 Å². The van der Waals surface area contributed by atoms with E-state index in [9.17, 15) is 9.18 Å². The molecule has 0 spiro atoms. The van der Waals surface area contributed by atoms with E-state index in [0.717, 1.165) is 17.7 Å². The van der Waals surface area contributed by atoms with Gasteiger partial charge in [-0.05, 0) is 30.2 Å². The fourth-order valence-electron chi connectivity index (χ4n) is 2.22. The number of benzene rings is 1. The molecule has 0 fully saturated rings. The third-order valence-electron chi connectivity index (χ3n) is 3.39. The number of aromatic nitrogens is 3. The van der Waals surface area contributed by atoms with Gasteiger partial charge in [0, 0.05) is 18.3 Å². The van der Waals surface area contributed by atoms with Gasteiger partial charge in [0.2, 0.25) is 0 Å². The lowest BCUT2D eigenvalue weighted by molar-refractivity contribution is 0.0946. The number of hydrogen-bond donors (Lipinski definition) is 1. The van der Waals surface area contributed by atoms with Crippen molar-refractivity contribution in [2.24, 2.45) is 0 Å². The molecule has 0 saturated carbocycles. The zero-order valence-corrected chi connectivity index (χ0v) is 12.1. The lowest BCUT2D eigenvalue weighted by atomic mass is 10.2. The molecule has 0 bridgehead atoms. The van der Waals surface area contributed by atoms with Crippen LogP contribution < -0.4 is 5.32 Å². The molecule has 0 aliphatic heterocycles. The summed E-state index contributed by atoms with van der Waals surface area (Å²) in [5.74, 6) is -0.557. The number of hydrogen-bond acceptors (Lipinski definition) is 3. The largest absolute Gasteiger partial charge is 0.347 e. The van der Waals surface area contributed by atoms with Crippen LogP contribution in [0.4, 0.5) is 4.39 Å². The van der Waals surface area contributed by atoms with Crippen molar-refractivity contribution in [3.63, 3.8) is 0 Å². The van der Waals surface area contributed by atoms with Crippen molar-refractivity contribution >= 4 is 11.6 Å². The topological polar surface area (TPSA) is 59.3 Å². The molecule has 2 aromatic heterocycles. The third-order valence-corrected chi connectivity index (χ3v) is 3.39. The quantitative estimate of drug-likeness (QED) is 0.804. The number of nitrogens with zero attached hydrogens (tertiary/aromatic N) is 3. The van der Waals surface area contributed by atoms with Gasteiger partial charge in [-0.25, -0.2) is 13.9 Å². The minimum atomic E-state index is -0.296. The molecule has 0 atom stereocenters. The zero-order valence-electron chi connectivity index (χ0n) is 12.1. The molecule has 0 aliphatic rings. The predicted molar refractivity (Wildman–Crippen MR) is 79.9 cm³/mol. The van der Waals surface area contributed by atoms with Gasteiger partial charge in [0.25, 0.3) is 5.91 Å². The van der Waals surface area contributed by atoms with Crippen LogP contribution in [0.25, 0.3) is 5.65 Å². The molecule has 3 rings (SSSR count). The van der Waals surface area contributed by atoms with E-state index >= 15 is 0 Å². The van der Waals surface area contributed by atoms with E-state index in [-0.39, 0.29) is 11.7 Å². The second kappa shape index (κ2) is 5.93. The first-order valence-corrected chi connectivity index (χ1v) is 7.03. The van der Waals surface area contributed by atoms with Gasteiger partial charge in [-0.2, -0.15) is 5.10 Å². The molecule has 22 heavy (non-hydrogen) atoms. The highest BCUT2D eigenvalue weighted by molar-refractivity contribution is 5.92. The van der Waals surface area contributed by atoms with Gasteiger partial charge in [-0.1, -0.05) is 19.1 Å². The number of nitrogens with one attached hydrogen (secondary N) is 1. The summed E-state index contributed by atoms with van der Waals surface area (Å²) in [5.41, 5.74) is 2.75. The van der Waals surface area contributed by atoms with E-state index in [1.807, 2.05) is 6.92 Å². The first-order valence-electron chi connectivity index (χ1n) is 7.03. The Bertz CT molecular complexity index is 811. The summed E-state index contributed by atoms with van der Waals surface area (Å²) in [6.45, 7) is 2.32. The molecule has 1 N–H and O–H groups in total.